The predicted octanol–water partition coefficient (Wildman–Crippen LogP) is 1.99. The second-order valence-corrected chi connectivity index (χ2v) is 6.69. The van der Waals surface area contributed by atoms with E-state index in [1.54, 1.807) is 9.58 Å². The first-order valence-corrected chi connectivity index (χ1v) is 8.69. The molecule has 2 aromatic rings. The molecule has 6 nitrogen and oxygen atoms in total. The maximum absolute atomic E-state index is 12.8. The number of ether oxygens (including phenoxy) is 1. The van der Waals surface area contributed by atoms with Gasteiger partial charge in [0.15, 0.2) is 0 Å². The van der Waals surface area contributed by atoms with Crippen molar-refractivity contribution in [1.82, 2.24) is 20.0 Å². The minimum atomic E-state index is -0.0485. The zero-order valence-electron chi connectivity index (χ0n) is 15.5. The highest BCUT2D eigenvalue weighted by Crippen LogP contribution is 2.29. The first kappa shape index (κ1) is 20.3. The van der Waals surface area contributed by atoms with Crippen LogP contribution in [0.1, 0.15) is 17.0 Å². The number of amides is 1. The number of aromatic nitrogens is 2. The van der Waals surface area contributed by atoms with Crippen molar-refractivity contribution in [1.29, 1.82) is 0 Å². The maximum atomic E-state index is 12.8. The lowest BCUT2D eigenvalue weighted by molar-refractivity contribution is -0.134. The molecule has 1 aliphatic heterocycles. The molecule has 1 aliphatic rings. The largest absolute Gasteiger partial charge is 0.491 e. The van der Waals surface area contributed by atoms with Crippen LogP contribution in [-0.4, -0.2) is 53.9 Å². The Labute approximate surface area is 160 Å². The molecule has 1 N–H and O–H groups in total. The quantitative estimate of drug-likeness (QED) is 0.835. The van der Waals surface area contributed by atoms with Crippen LogP contribution in [0.3, 0.4) is 0 Å². The third-order valence-electron chi connectivity index (χ3n) is 4.84. The van der Waals surface area contributed by atoms with Crippen molar-refractivity contribution in [2.45, 2.75) is 12.8 Å². The Bertz CT molecular complexity index is 734. The minimum Gasteiger partial charge on any atom is -0.491 e. The molecule has 1 fully saturated rings. The number of para-hydroxylation sites is 1. The summed E-state index contributed by atoms with van der Waals surface area (Å²) in [5.74, 6) is 1.17. The number of hydrogen-bond donors (Lipinski definition) is 1. The molecular weight excluding hydrogens is 352 g/mol. The molecule has 0 radical (unpaired) electrons. The normalized spacial score (nSPS) is 19.0. The van der Waals surface area contributed by atoms with Crippen LogP contribution in [0.5, 0.6) is 5.75 Å². The van der Waals surface area contributed by atoms with E-state index in [1.807, 2.05) is 57.7 Å². The van der Waals surface area contributed by atoms with Gasteiger partial charge in [0.05, 0.1) is 18.7 Å². The summed E-state index contributed by atoms with van der Waals surface area (Å²) in [5, 5.41) is 7.57. The van der Waals surface area contributed by atoms with E-state index in [0.29, 0.717) is 19.7 Å². The van der Waals surface area contributed by atoms with Crippen molar-refractivity contribution in [3.8, 4) is 5.75 Å². The third kappa shape index (κ3) is 4.56. The monoisotopic (exact) mass is 378 g/mol. The number of hydrogen-bond acceptors (Lipinski definition) is 4. The molecule has 2 heterocycles. The Balaban J connectivity index is 0.00000243. The van der Waals surface area contributed by atoms with E-state index >= 15 is 0 Å². The van der Waals surface area contributed by atoms with E-state index in [2.05, 4.69) is 10.4 Å². The van der Waals surface area contributed by atoms with Crippen molar-refractivity contribution < 1.29 is 9.53 Å². The molecule has 142 valence electrons. The van der Waals surface area contributed by atoms with Gasteiger partial charge in [0.2, 0.25) is 5.91 Å². The average molecular weight is 379 g/mol. The number of carbonyl (C=O) groups excluding carboxylic acids is 1. The second kappa shape index (κ2) is 9.05. The summed E-state index contributed by atoms with van der Waals surface area (Å²) in [6, 6.07) is 7.92. The number of likely N-dealkylation sites (N-methyl/N-ethyl adjacent to an activating group) is 1. The van der Waals surface area contributed by atoms with Crippen LogP contribution in [-0.2, 0) is 11.8 Å². The van der Waals surface area contributed by atoms with Gasteiger partial charge in [-0.2, -0.15) is 5.10 Å². The lowest BCUT2D eigenvalue weighted by Gasteiger charge is -2.24. The smallest absolute Gasteiger partial charge is 0.227 e. The molecule has 2 atom stereocenters. The predicted molar refractivity (Wildman–Crippen MR) is 104 cm³/mol. The highest BCUT2D eigenvalue weighted by atomic mass is 35.5. The van der Waals surface area contributed by atoms with E-state index in [0.717, 1.165) is 23.4 Å². The topological polar surface area (TPSA) is 59.4 Å². The number of carbonyl (C=O) groups is 1. The lowest BCUT2D eigenvalue weighted by Crippen LogP contribution is -2.38. The van der Waals surface area contributed by atoms with Crippen molar-refractivity contribution in [3.63, 3.8) is 0 Å². The van der Waals surface area contributed by atoms with Crippen LogP contribution in [0.2, 0.25) is 0 Å². The van der Waals surface area contributed by atoms with Gasteiger partial charge in [-0.05, 0) is 24.1 Å². The van der Waals surface area contributed by atoms with Gasteiger partial charge in [-0.25, -0.2) is 0 Å². The van der Waals surface area contributed by atoms with Gasteiger partial charge in [-0.1, -0.05) is 18.2 Å². The fourth-order valence-electron chi connectivity index (χ4n) is 3.32. The number of nitrogens with zero attached hydrogens (tertiary/aromatic N) is 3. The molecule has 1 aromatic heterocycles. The molecule has 3 rings (SSSR count). The maximum Gasteiger partial charge on any atom is 0.227 e. The van der Waals surface area contributed by atoms with Crippen molar-refractivity contribution in [3.05, 3.63) is 47.8 Å². The molecule has 0 unspecified atom stereocenters. The summed E-state index contributed by atoms with van der Waals surface area (Å²) in [6.07, 6.45) is 3.86. The standard InChI is InChI=1S/C19H26N4O2.ClH/c1-14-6-4-5-7-18(14)25-9-8-22(2)19(24)17-12-20-11-16(17)15-10-21-23(3)13-15;/h4-7,10,13,16-17,20H,8-9,11-12H2,1-3H3;1H/t16-,17+;/m1./s1. The molecule has 0 saturated carbocycles. The molecule has 26 heavy (non-hydrogen) atoms. The highest BCUT2D eigenvalue weighted by molar-refractivity contribution is 5.85. The Hall–Kier alpha value is -2.05. The van der Waals surface area contributed by atoms with Gasteiger partial charge in [-0.3, -0.25) is 9.48 Å². The van der Waals surface area contributed by atoms with E-state index in [1.165, 1.54) is 0 Å². The molecule has 0 aliphatic carbocycles. The summed E-state index contributed by atoms with van der Waals surface area (Å²) < 4.78 is 7.60. The first-order valence-electron chi connectivity index (χ1n) is 8.69. The van der Waals surface area contributed by atoms with Crippen molar-refractivity contribution in [2.24, 2.45) is 13.0 Å². The molecule has 1 amide bonds. The lowest BCUT2D eigenvalue weighted by atomic mass is 9.90. The fraction of sp³-hybridized carbons (Fsp3) is 0.474. The minimum absolute atomic E-state index is 0. The van der Waals surface area contributed by atoms with Gasteiger partial charge >= 0.3 is 0 Å². The summed E-state index contributed by atoms with van der Waals surface area (Å²) in [4.78, 5) is 14.6. The molecular formula is C19H27ClN4O2. The Morgan fingerprint density at radius 1 is 1.38 bits per heavy atom. The van der Waals surface area contributed by atoms with Crippen LogP contribution >= 0.6 is 12.4 Å². The van der Waals surface area contributed by atoms with Crippen LogP contribution in [0.4, 0.5) is 0 Å². The number of benzene rings is 1. The second-order valence-electron chi connectivity index (χ2n) is 6.69. The number of rotatable bonds is 6. The van der Waals surface area contributed by atoms with Crippen LogP contribution in [0, 0.1) is 12.8 Å². The van der Waals surface area contributed by atoms with Gasteiger partial charge in [-0.15, -0.1) is 12.4 Å². The Kier molecular flexibility index (Phi) is 7.06. The Morgan fingerprint density at radius 3 is 2.85 bits per heavy atom. The summed E-state index contributed by atoms with van der Waals surface area (Å²) >= 11 is 0. The third-order valence-corrected chi connectivity index (χ3v) is 4.84. The van der Waals surface area contributed by atoms with Gasteiger partial charge in [0, 0.05) is 39.3 Å². The number of aryl methyl sites for hydroxylation is 2. The fourth-order valence-corrected chi connectivity index (χ4v) is 3.32. The molecule has 1 saturated heterocycles. The van der Waals surface area contributed by atoms with Crippen LogP contribution < -0.4 is 10.1 Å². The van der Waals surface area contributed by atoms with Gasteiger partial charge < -0.3 is 15.0 Å². The van der Waals surface area contributed by atoms with E-state index in [-0.39, 0.29) is 30.2 Å². The zero-order valence-corrected chi connectivity index (χ0v) is 16.3. The molecule has 7 heteroatoms. The summed E-state index contributed by atoms with van der Waals surface area (Å²) in [5.41, 5.74) is 2.23. The van der Waals surface area contributed by atoms with Crippen molar-refractivity contribution in [2.75, 3.05) is 33.3 Å². The van der Waals surface area contributed by atoms with E-state index in [9.17, 15) is 4.79 Å². The van der Waals surface area contributed by atoms with E-state index < -0.39 is 0 Å². The molecule has 0 spiro atoms. The summed E-state index contributed by atoms with van der Waals surface area (Å²) in [6.45, 7) is 4.61. The van der Waals surface area contributed by atoms with Crippen LogP contribution in [0.15, 0.2) is 36.7 Å². The Morgan fingerprint density at radius 2 is 2.15 bits per heavy atom. The molecule has 0 bridgehead atoms. The summed E-state index contributed by atoms with van der Waals surface area (Å²) in [7, 11) is 3.75. The molecule has 1 aromatic carbocycles. The number of halogens is 1. The first-order chi connectivity index (χ1) is 12.1. The van der Waals surface area contributed by atoms with Crippen LogP contribution in [0.25, 0.3) is 0 Å². The number of nitrogens with one attached hydrogen (secondary N) is 1. The highest BCUT2D eigenvalue weighted by Gasteiger charge is 2.36. The van der Waals surface area contributed by atoms with E-state index in [4.69, 9.17) is 4.74 Å². The average Bonchev–Trinajstić information content (AvgIpc) is 3.24. The van der Waals surface area contributed by atoms with Gasteiger partial charge in [0.1, 0.15) is 12.4 Å². The van der Waals surface area contributed by atoms with Crippen molar-refractivity contribution >= 4 is 18.3 Å². The SMILES string of the molecule is Cc1ccccc1OCCN(C)C(=O)[C@H]1CNC[C@@H]1c1cnn(C)c1.Cl. The van der Waals surface area contributed by atoms with Gasteiger partial charge in [0.25, 0.3) is 0 Å². The zero-order chi connectivity index (χ0) is 17.8.